The van der Waals surface area contributed by atoms with Gasteiger partial charge < -0.3 is 9.84 Å². The van der Waals surface area contributed by atoms with Crippen LogP contribution < -0.4 is 4.74 Å². The van der Waals surface area contributed by atoms with E-state index in [0.717, 1.165) is 0 Å². The third-order valence-electron chi connectivity index (χ3n) is 1.50. The van der Waals surface area contributed by atoms with Crippen LogP contribution >= 0.6 is 0 Å². The minimum absolute atomic E-state index is 0.197. The lowest BCUT2D eigenvalue weighted by Gasteiger charge is -1.99. The molecule has 3 nitrogen and oxygen atoms in total. The molecule has 0 aliphatic carbocycles. The van der Waals surface area contributed by atoms with Gasteiger partial charge in [-0.25, -0.2) is 4.79 Å². The Balaban J connectivity index is 2.75. The van der Waals surface area contributed by atoms with Crippen LogP contribution in [0.3, 0.4) is 0 Å². The van der Waals surface area contributed by atoms with E-state index in [2.05, 4.69) is 17.2 Å². The van der Waals surface area contributed by atoms with Crippen LogP contribution in [0.25, 0.3) is 0 Å². The monoisotopic (exact) mass is 199 g/mol. The van der Waals surface area contributed by atoms with Crippen LogP contribution in [0.2, 0.25) is 0 Å². The molecule has 0 amide bonds. The maximum Gasteiger partial charge on any atom is 0.511 e. The quantitative estimate of drug-likeness (QED) is 0.450. The summed E-state index contributed by atoms with van der Waals surface area (Å²) in [5.74, 6) is 0.363. The fourth-order valence-corrected chi connectivity index (χ4v) is 1.56. The summed E-state index contributed by atoms with van der Waals surface area (Å²) in [7, 11) is 0.197. The maximum atomic E-state index is 10.2. The lowest BCUT2D eigenvalue weighted by Crippen LogP contribution is -2.03. The highest BCUT2D eigenvalue weighted by molar-refractivity contribution is 7.95. The zero-order chi connectivity index (χ0) is 9.84. The van der Waals surface area contributed by atoms with E-state index in [9.17, 15) is 4.79 Å². The van der Waals surface area contributed by atoms with Crippen LogP contribution in [0.5, 0.6) is 5.75 Å². The molecule has 13 heavy (non-hydrogen) atoms. The molecule has 0 aliphatic heterocycles. The van der Waals surface area contributed by atoms with Gasteiger partial charge in [0, 0.05) is 10.9 Å². The van der Waals surface area contributed by atoms with Crippen LogP contribution in [-0.2, 0) is 10.9 Å². The number of carbonyl (C=O) groups is 1. The standard InChI is InChI=1S/C9H10O3S/c1-13(2)8-5-3-7(4-6-8)12-9(10)11/h3-6H,1-2H3/p+1. The van der Waals surface area contributed by atoms with Crippen molar-refractivity contribution in [3.63, 3.8) is 0 Å². The molecule has 1 aromatic carbocycles. The van der Waals surface area contributed by atoms with Gasteiger partial charge in [-0.15, -0.1) is 0 Å². The van der Waals surface area contributed by atoms with E-state index in [1.165, 1.54) is 4.90 Å². The van der Waals surface area contributed by atoms with Crippen molar-refractivity contribution in [2.45, 2.75) is 4.90 Å². The molecule has 4 heteroatoms. The first-order valence-corrected chi connectivity index (χ1v) is 5.72. The van der Waals surface area contributed by atoms with E-state index in [-0.39, 0.29) is 10.9 Å². The Bertz CT molecular complexity index is 292. The predicted octanol–water partition coefficient (Wildman–Crippen LogP) is 1.98. The summed E-state index contributed by atoms with van der Waals surface area (Å²) >= 11 is 0. The van der Waals surface area contributed by atoms with E-state index in [0.29, 0.717) is 5.75 Å². The summed E-state index contributed by atoms with van der Waals surface area (Å²) in [6, 6.07) is 7.08. The molecule has 0 saturated carbocycles. The molecular weight excluding hydrogens is 188 g/mol. The van der Waals surface area contributed by atoms with E-state index in [4.69, 9.17) is 5.11 Å². The molecule has 0 radical (unpaired) electrons. The molecule has 70 valence electrons. The van der Waals surface area contributed by atoms with Crippen molar-refractivity contribution in [3.8, 4) is 5.75 Å². The number of ether oxygens (including phenoxy) is 1. The van der Waals surface area contributed by atoms with Gasteiger partial charge in [0.1, 0.15) is 18.3 Å². The van der Waals surface area contributed by atoms with Crippen LogP contribution in [0.15, 0.2) is 29.2 Å². The number of rotatable bonds is 2. The van der Waals surface area contributed by atoms with Crippen LogP contribution in [0.4, 0.5) is 4.79 Å². The Hall–Kier alpha value is -1.16. The predicted molar refractivity (Wildman–Crippen MR) is 52.6 cm³/mol. The summed E-state index contributed by atoms with van der Waals surface area (Å²) in [4.78, 5) is 11.4. The smallest absolute Gasteiger partial charge is 0.449 e. The maximum absolute atomic E-state index is 10.2. The Morgan fingerprint density at radius 1 is 1.31 bits per heavy atom. The second kappa shape index (κ2) is 4.18. The SMILES string of the molecule is C[S+](C)c1ccc(OC(=O)O)cc1. The Kier molecular flexibility index (Phi) is 3.19. The second-order valence-corrected chi connectivity index (χ2v) is 4.76. The molecule has 0 saturated heterocycles. The Morgan fingerprint density at radius 3 is 2.23 bits per heavy atom. The molecular formula is C9H11O3S+. The average Bonchev–Trinajstić information content (AvgIpc) is 2.04. The number of hydrogen-bond donors (Lipinski definition) is 1. The molecule has 0 bridgehead atoms. The van der Waals surface area contributed by atoms with E-state index >= 15 is 0 Å². The van der Waals surface area contributed by atoms with Crippen molar-refractivity contribution in [2.24, 2.45) is 0 Å². The normalized spacial score (nSPS) is 10.1. The molecule has 1 N–H and O–H groups in total. The molecule has 1 aromatic rings. The highest BCUT2D eigenvalue weighted by atomic mass is 32.2. The minimum Gasteiger partial charge on any atom is -0.449 e. The molecule has 0 fully saturated rings. The summed E-state index contributed by atoms with van der Waals surface area (Å²) in [5, 5.41) is 8.32. The first-order chi connectivity index (χ1) is 6.09. The number of hydrogen-bond acceptors (Lipinski definition) is 2. The summed E-state index contributed by atoms with van der Waals surface area (Å²) in [6.07, 6.45) is 2.93. The average molecular weight is 199 g/mol. The van der Waals surface area contributed by atoms with Crippen LogP contribution in [0, 0.1) is 0 Å². The molecule has 0 atom stereocenters. The number of benzene rings is 1. The van der Waals surface area contributed by atoms with Gasteiger partial charge in [-0.05, 0) is 24.3 Å². The van der Waals surface area contributed by atoms with Crippen LogP contribution in [-0.4, -0.2) is 23.8 Å². The van der Waals surface area contributed by atoms with Crippen molar-refractivity contribution < 1.29 is 14.6 Å². The van der Waals surface area contributed by atoms with Crippen molar-refractivity contribution in [1.82, 2.24) is 0 Å². The lowest BCUT2D eigenvalue weighted by molar-refractivity contribution is 0.144. The summed E-state index contributed by atoms with van der Waals surface area (Å²) in [5.41, 5.74) is 0. The van der Waals surface area contributed by atoms with E-state index < -0.39 is 6.16 Å². The molecule has 0 spiro atoms. The molecule has 0 unspecified atom stereocenters. The zero-order valence-electron chi connectivity index (χ0n) is 7.48. The molecule has 1 rings (SSSR count). The van der Waals surface area contributed by atoms with Gasteiger partial charge >= 0.3 is 6.16 Å². The Morgan fingerprint density at radius 2 is 1.85 bits per heavy atom. The van der Waals surface area contributed by atoms with E-state index in [1.54, 1.807) is 12.1 Å². The number of carboxylic acid groups (broad SMARTS) is 1. The van der Waals surface area contributed by atoms with Crippen molar-refractivity contribution in [3.05, 3.63) is 24.3 Å². The van der Waals surface area contributed by atoms with Gasteiger partial charge in [-0.3, -0.25) is 0 Å². The second-order valence-electron chi connectivity index (χ2n) is 2.66. The van der Waals surface area contributed by atoms with Crippen molar-refractivity contribution in [2.75, 3.05) is 12.5 Å². The van der Waals surface area contributed by atoms with Crippen molar-refractivity contribution in [1.29, 1.82) is 0 Å². The molecule has 0 heterocycles. The van der Waals surface area contributed by atoms with E-state index in [1.807, 2.05) is 12.1 Å². The summed E-state index contributed by atoms with van der Waals surface area (Å²) < 4.78 is 4.47. The first-order valence-electron chi connectivity index (χ1n) is 3.68. The third-order valence-corrected chi connectivity index (χ3v) is 2.72. The van der Waals surface area contributed by atoms with Gasteiger partial charge in [0.05, 0.1) is 0 Å². The minimum atomic E-state index is -1.28. The van der Waals surface area contributed by atoms with Gasteiger partial charge in [0.25, 0.3) is 0 Å². The highest BCUT2D eigenvalue weighted by Gasteiger charge is 2.08. The lowest BCUT2D eigenvalue weighted by atomic mass is 10.3. The van der Waals surface area contributed by atoms with Gasteiger partial charge in [-0.1, -0.05) is 0 Å². The molecule has 0 aromatic heterocycles. The largest absolute Gasteiger partial charge is 0.511 e. The topological polar surface area (TPSA) is 46.5 Å². The van der Waals surface area contributed by atoms with Gasteiger partial charge in [0.15, 0.2) is 4.90 Å². The van der Waals surface area contributed by atoms with Crippen molar-refractivity contribution >= 4 is 17.1 Å². The fourth-order valence-electron chi connectivity index (χ4n) is 0.881. The zero-order valence-corrected chi connectivity index (χ0v) is 8.30. The first kappa shape index (κ1) is 9.92. The summed E-state index contributed by atoms with van der Waals surface area (Å²) in [6.45, 7) is 0. The van der Waals surface area contributed by atoms with Gasteiger partial charge in [-0.2, -0.15) is 0 Å². The van der Waals surface area contributed by atoms with Crippen LogP contribution in [0.1, 0.15) is 0 Å². The highest BCUT2D eigenvalue weighted by Crippen LogP contribution is 2.15. The Labute approximate surface area is 79.7 Å². The van der Waals surface area contributed by atoms with Gasteiger partial charge in [0.2, 0.25) is 0 Å². The molecule has 0 aliphatic rings. The fraction of sp³-hybridized carbons (Fsp3) is 0.222. The third kappa shape index (κ3) is 2.99.